The smallest absolute Gasteiger partial charge is 0.222 e. The van der Waals surface area contributed by atoms with Gasteiger partial charge in [-0.3, -0.25) is 9.69 Å². The zero-order valence-corrected chi connectivity index (χ0v) is 18.5. The molecule has 5 nitrogen and oxygen atoms in total. The molecule has 3 aliphatic heterocycles. The van der Waals surface area contributed by atoms with Gasteiger partial charge in [-0.05, 0) is 38.0 Å². The molecule has 2 atom stereocenters. The number of thiazole rings is 1. The Balaban J connectivity index is 0.00000131. The number of halogens is 2. The maximum atomic E-state index is 12.7. The summed E-state index contributed by atoms with van der Waals surface area (Å²) in [7, 11) is 0. The van der Waals surface area contributed by atoms with Crippen LogP contribution >= 0.6 is 36.2 Å². The summed E-state index contributed by atoms with van der Waals surface area (Å²) in [4.78, 5) is 21.9. The number of carbonyl (C=O) groups is 1. The molecule has 0 radical (unpaired) electrons. The minimum absolute atomic E-state index is 0. The maximum Gasteiger partial charge on any atom is 0.222 e. The SMILES string of the molecule is CCc1nc(CN2CCN(C(=O)CC3CC4CCC(C3)N4)CC2)cs1.Cl.Cl. The van der Waals surface area contributed by atoms with Crippen molar-refractivity contribution < 1.29 is 4.79 Å². The predicted octanol–water partition coefficient (Wildman–Crippen LogP) is 3.11. The number of nitrogens with zero attached hydrogens (tertiary/aromatic N) is 3. The van der Waals surface area contributed by atoms with Gasteiger partial charge in [-0.15, -0.1) is 36.2 Å². The zero-order chi connectivity index (χ0) is 17.2. The highest BCUT2D eigenvalue weighted by molar-refractivity contribution is 7.09. The van der Waals surface area contributed by atoms with Gasteiger partial charge in [0.2, 0.25) is 5.91 Å². The van der Waals surface area contributed by atoms with Crippen molar-refractivity contribution in [3.05, 3.63) is 16.1 Å². The number of nitrogens with one attached hydrogen (secondary N) is 1. The van der Waals surface area contributed by atoms with Crippen LogP contribution in [-0.2, 0) is 17.8 Å². The molecule has 3 fully saturated rings. The van der Waals surface area contributed by atoms with Crippen LogP contribution in [0.4, 0.5) is 0 Å². The van der Waals surface area contributed by atoms with Crippen LogP contribution in [0.2, 0.25) is 0 Å². The summed E-state index contributed by atoms with van der Waals surface area (Å²) < 4.78 is 0. The van der Waals surface area contributed by atoms with Gasteiger partial charge in [0, 0.05) is 56.6 Å². The second-order valence-corrected chi connectivity index (χ2v) is 8.87. The second kappa shape index (κ2) is 10.4. The van der Waals surface area contributed by atoms with Crippen molar-refractivity contribution in [3.8, 4) is 0 Å². The van der Waals surface area contributed by atoms with Gasteiger partial charge in [0.15, 0.2) is 0 Å². The Kier molecular flexibility index (Phi) is 8.81. The normalized spacial score (nSPS) is 27.7. The van der Waals surface area contributed by atoms with Gasteiger partial charge in [-0.1, -0.05) is 6.92 Å². The summed E-state index contributed by atoms with van der Waals surface area (Å²) in [6.45, 7) is 6.78. The van der Waals surface area contributed by atoms with Crippen molar-refractivity contribution in [2.45, 2.75) is 64.1 Å². The van der Waals surface area contributed by atoms with Crippen LogP contribution in [0.15, 0.2) is 5.38 Å². The molecular formula is C19H32Cl2N4OS. The third kappa shape index (κ3) is 5.80. The van der Waals surface area contributed by atoms with E-state index < -0.39 is 0 Å². The molecule has 3 saturated heterocycles. The predicted molar refractivity (Wildman–Crippen MR) is 115 cm³/mol. The standard InChI is InChI=1S/C19H30N4OS.2ClH/c1-2-18-21-17(13-25-18)12-22-5-7-23(8-6-22)19(24)11-14-9-15-3-4-16(10-14)20-15;;/h13-16,20H,2-12H2,1H3;2*1H. The lowest BCUT2D eigenvalue weighted by Gasteiger charge is -2.36. The van der Waals surface area contributed by atoms with Crippen molar-refractivity contribution in [1.29, 1.82) is 0 Å². The van der Waals surface area contributed by atoms with E-state index in [1.165, 1.54) is 36.4 Å². The first-order valence-corrected chi connectivity index (χ1v) is 10.8. The fourth-order valence-corrected chi connectivity index (χ4v) is 5.42. The van der Waals surface area contributed by atoms with E-state index in [0.29, 0.717) is 23.9 Å². The summed E-state index contributed by atoms with van der Waals surface area (Å²) in [5.74, 6) is 0.986. The summed E-state index contributed by atoms with van der Waals surface area (Å²) in [5, 5.41) is 7.08. The minimum atomic E-state index is 0. The molecular weight excluding hydrogens is 403 g/mol. The molecule has 1 aromatic rings. The molecule has 2 unspecified atom stereocenters. The van der Waals surface area contributed by atoms with Gasteiger partial charge in [0.05, 0.1) is 10.7 Å². The molecule has 3 aliphatic rings. The van der Waals surface area contributed by atoms with Gasteiger partial charge < -0.3 is 10.2 Å². The van der Waals surface area contributed by atoms with Gasteiger partial charge in [0.1, 0.15) is 0 Å². The lowest BCUT2D eigenvalue weighted by atomic mass is 9.89. The maximum absolute atomic E-state index is 12.7. The number of rotatable bonds is 5. The molecule has 4 rings (SSSR count). The molecule has 1 aromatic heterocycles. The van der Waals surface area contributed by atoms with E-state index >= 15 is 0 Å². The molecule has 154 valence electrons. The van der Waals surface area contributed by atoms with Crippen molar-refractivity contribution in [2.75, 3.05) is 26.2 Å². The number of amides is 1. The molecule has 0 aromatic carbocycles. The van der Waals surface area contributed by atoms with E-state index in [1.54, 1.807) is 11.3 Å². The Morgan fingerprint density at radius 1 is 1.19 bits per heavy atom. The molecule has 0 saturated carbocycles. The Hall–Kier alpha value is -0.400. The third-order valence-corrected chi connectivity index (χ3v) is 7.09. The third-order valence-electron chi connectivity index (χ3n) is 6.05. The monoisotopic (exact) mass is 434 g/mol. The first-order valence-electron chi connectivity index (χ1n) is 9.89. The van der Waals surface area contributed by atoms with Crippen molar-refractivity contribution >= 4 is 42.1 Å². The van der Waals surface area contributed by atoms with Crippen LogP contribution in [-0.4, -0.2) is 59.0 Å². The van der Waals surface area contributed by atoms with E-state index in [0.717, 1.165) is 45.6 Å². The fourth-order valence-electron chi connectivity index (χ4n) is 4.69. The molecule has 8 heteroatoms. The molecule has 4 heterocycles. The number of piperazine rings is 1. The molecule has 1 N–H and O–H groups in total. The summed E-state index contributed by atoms with van der Waals surface area (Å²) in [6, 6.07) is 1.36. The van der Waals surface area contributed by atoms with E-state index in [4.69, 9.17) is 0 Å². The highest BCUT2D eigenvalue weighted by atomic mass is 35.5. The number of hydrogen-bond acceptors (Lipinski definition) is 5. The summed E-state index contributed by atoms with van der Waals surface area (Å²) in [6.07, 6.45) is 6.80. The Morgan fingerprint density at radius 2 is 1.85 bits per heavy atom. The Morgan fingerprint density at radius 3 is 2.44 bits per heavy atom. The largest absolute Gasteiger partial charge is 0.340 e. The number of hydrogen-bond donors (Lipinski definition) is 1. The summed E-state index contributed by atoms with van der Waals surface area (Å²) in [5.41, 5.74) is 1.19. The first-order chi connectivity index (χ1) is 12.2. The van der Waals surface area contributed by atoms with Gasteiger partial charge >= 0.3 is 0 Å². The number of fused-ring (bicyclic) bond motifs is 2. The van der Waals surface area contributed by atoms with Gasteiger partial charge in [-0.25, -0.2) is 4.98 Å². The van der Waals surface area contributed by atoms with E-state index in [9.17, 15) is 4.79 Å². The lowest BCUT2D eigenvalue weighted by molar-refractivity contribution is -0.134. The molecule has 0 aliphatic carbocycles. The quantitative estimate of drug-likeness (QED) is 0.772. The zero-order valence-electron chi connectivity index (χ0n) is 16.1. The highest BCUT2D eigenvalue weighted by Crippen LogP contribution is 2.33. The molecule has 27 heavy (non-hydrogen) atoms. The summed E-state index contributed by atoms with van der Waals surface area (Å²) >= 11 is 1.76. The topological polar surface area (TPSA) is 48.5 Å². The highest BCUT2D eigenvalue weighted by Gasteiger charge is 2.35. The van der Waals surface area contributed by atoms with Crippen LogP contribution in [0.25, 0.3) is 0 Å². The Labute approximate surface area is 179 Å². The average molecular weight is 435 g/mol. The lowest BCUT2D eigenvalue weighted by Crippen LogP contribution is -2.49. The van der Waals surface area contributed by atoms with Crippen molar-refractivity contribution in [2.24, 2.45) is 5.92 Å². The average Bonchev–Trinajstić information content (AvgIpc) is 3.21. The molecule has 1 amide bonds. The van der Waals surface area contributed by atoms with E-state index in [1.807, 2.05) is 0 Å². The number of aryl methyl sites for hydroxylation is 1. The minimum Gasteiger partial charge on any atom is -0.340 e. The van der Waals surface area contributed by atoms with Crippen LogP contribution < -0.4 is 5.32 Å². The van der Waals surface area contributed by atoms with Crippen molar-refractivity contribution in [1.82, 2.24) is 20.1 Å². The molecule has 0 spiro atoms. The van der Waals surface area contributed by atoms with Crippen LogP contribution in [0.5, 0.6) is 0 Å². The van der Waals surface area contributed by atoms with E-state index in [-0.39, 0.29) is 24.8 Å². The van der Waals surface area contributed by atoms with Gasteiger partial charge in [0.25, 0.3) is 0 Å². The first kappa shape index (κ1) is 22.9. The Bertz CT molecular complexity index is 594. The van der Waals surface area contributed by atoms with Crippen LogP contribution in [0.3, 0.4) is 0 Å². The van der Waals surface area contributed by atoms with Crippen LogP contribution in [0, 0.1) is 5.92 Å². The fraction of sp³-hybridized carbons (Fsp3) is 0.789. The second-order valence-electron chi connectivity index (χ2n) is 7.92. The number of carbonyl (C=O) groups excluding carboxylic acids is 1. The van der Waals surface area contributed by atoms with E-state index in [2.05, 4.69) is 32.4 Å². The van der Waals surface area contributed by atoms with Crippen LogP contribution in [0.1, 0.15) is 49.7 Å². The number of aromatic nitrogens is 1. The number of piperidine rings is 1. The van der Waals surface area contributed by atoms with Crippen molar-refractivity contribution in [3.63, 3.8) is 0 Å². The van der Waals surface area contributed by atoms with Gasteiger partial charge in [-0.2, -0.15) is 0 Å². The molecule has 2 bridgehead atoms.